The predicted octanol–water partition coefficient (Wildman–Crippen LogP) is 3.80. The quantitative estimate of drug-likeness (QED) is 0.630. The fraction of sp³-hybridized carbons (Fsp3) is 0.333. The van der Waals surface area contributed by atoms with E-state index in [0.717, 1.165) is 55.5 Å². The molecule has 0 atom stereocenters. The molecule has 1 saturated heterocycles. The molecule has 6 heteroatoms. The van der Waals surface area contributed by atoms with Gasteiger partial charge in [0, 0.05) is 32.6 Å². The molecule has 1 aliphatic heterocycles. The number of morpholine rings is 1. The molecule has 0 saturated carbocycles. The molecule has 0 unspecified atom stereocenters. The van der Waals surface area contributed by atoms with Crippen molar-refractivity contribution in [2.24, 2.45) is 0 Å². The van der Waals surface area contributed by atoms with Gasteiger partial charge in [0.15, 0.2) is 0 Å². The van der Waals surface area contributed by atoms with Crippen LogP contribution in [0.4, 0.5) is 0 Å². The van der Waals surface area contributed by atoms with E-state index in [-0.39, 0.29) is 5.91 Å². The lowest BCUT2D eigenvalue weighted by Gasteiger charge is -2.27. The van der Waals surface area contributed by atoms with E-state index in [1.165, 1.54) is 22.5 Å². The van der Waals surface area contributed by atoms with Gasteiger partial charge in [0.05, 0.1) is 23.9 Å². The van der Waals surface area contributed by atoms with Gasteiger partial charge in [-0.3, -0.25) is 9.69 Å². The molecule has 5 nitrogen and oxygen atoms in total. The highest BCUT2D eigenvalue weighted by atomic mass is 32.1. The van der Waals surface area contributed by atoms with Gasteiger partial charge in [-0.15, -0.1) is 11.3 Å². The smallest absolute Gasteiger partial charge is 0.263 e. The molecule has 0 spiro atoms. The maximum atomic E-state index is 12.8. The van der Waals surface area contributed by atoms with Crippen LogP contribution in [0.2, 0.25) is 0 Å². The summed E-state index contributed by atoms with van der Waals surface area (Å²) in [7, 11) is 0. The van der Waals surface area contributed by atoms with E-state index in [2.05, 4.69) is 45.5 Å². The van der Waals surface area contributed by atoms with Gasteiger partial charge >= 0.3 is 0 Å². The van der Waals surface area contributed by atoms with E-state index in [9.17, 15) is 4.79 Å². The molecule has 2 aromatic carbocycles. The molecule has 156 valence electrons. The van der Waals surface area contributed by atoms with Crippen molar-refractivity contribution in [2.45, 2.75) is 26.4 Å². The lowest BCUT2D eigenvalue weighted by Crippen LogP contribution is -2.36. The Morgan fingerprint density at radius 3 is 2.53 bits per heavy atom. The summed E-state index contributed by atoms with van der Waals surface area (Å²) in [4.78, 5) is 20.6. The molecule has 1 amide bonds. The van der Waals surface area contributed by atoms with Crippen LogP contribution in [-0.4, -0.2) is 42.1 Å². The molecule has 30 heavy (non-hydrogen) atoms. The first-order chi connectivity index (χ1) is 14.7. The average Bonchev–Trinajstić information content (AvgIpc) is 3.14. The summed E-state index contributed by atoms with van der Waals surface area (Å²) < 4.78 is 5.44. The fourth-order valence-corrected chi connectivity index (χ4v) is 4.66. The van der Waals surface area contributed by atoms with Crippen molar-refractivity contribution >= 4 is 17.2 Å². The standard InChI is InChI=1S/C24H27N3O2S/c1-18-23(30-22(26-18)15-19-7-3-2-4-8-19)24(28)25-16-20-9-5-6-10-21(20)17-27-11-13-29-14-12-27/h2-10H,11-17H2,1H3,(H,25,28). The number of carbonyl (C=O) groups excluding carboxylic acids is 1. The second kappa shape index (κ2) is 9.98. The van der Waals surface area contributed by atoms with Gasteiger partial charge in [0.25, 0.3) is 5.91 Å². The zero-order valence-corrected chi connectivity index (χ0v) is 18.1. The van der Waals surface area contributed by atoms with Crippen molar-refractivity contribution < 1.29 is 9.53 Å². The lowest BCUT2D eigenvalue weighted by atomic mass is 10.1. The van der Waals surface area contributed by atoms with Crippen molar-refractivity contribution in [2.75, 3.05) is 26.3 Å². The maximum Gasteiger partial charge on any atom is 0.263 e. The first-order valence-corrected chi connectivity index (χ1v) is 11.2. The largest absolute Gasteiger partial charge is 0.379 e. The Morgan fingerprint density at radius 2 is 1.77 bits per heavy atom. The van der Waals surface area contributed by atoms with Gasteiger partial charge in [-0.05, 0) is 23.6 Å². The number of carbonyl (C=O) groups is 1. The number of benzene rings is 2. The van der Waals surface area contributed by atoms with Gasteiger partial charge in [0.1, 0.15) is 4.88 Å². The summed E-state index contributed by atoms with van der Waals surface area (Å²) in [6, 6.07) is 18.6. The third kappa shape index (κ3) is 5.33. The molecule has 1 N–H and O–H groups in total. The van der Waals surface area contributed by atoms with Gasteiger partial charge < -0.3 is 10.1 Å². The van der Waals surface area contributed by atoms with Crippen molar-refractivity contribution in [3.8, 4) is 0 Å². The van der Waals surface area contributed by atoms with Gasteiger partial charge in [-0.25, -0.2) is 4.98 Å². The van der Waals surface area contributed by atoms with Crippen LogP contribution in [0, 0.1) is 6.92 Å². The Bertz CT molecular complexity index is 981. The second-order valence-corrected chi connectivity index (χ2v) is 8.61. The van der Waals surface area contributed by atoms with Crippen molar-refractivity contribution in [3.05, 3.63) is 86.9 Å². The molecule has 0 radical (unpaired) electrons. The topological polar surface area (TPSA) is 54.5 Å². The number of rotatable bonds is 7. The zero-order chi connectivity index (χ0) is 20.8. The molecule has 1 aliphatic rings. The summed E-state index contributed by atoms with van der Waals surface area (Å²) in [6.07, 6.45) is 0.752. The van der Waals surface area contributed by atoms with Crippen LogP contribution >= 0.6 is 11.3 Å². The predicted molar refractivity (Wildman–Crippen MR) is 120 cm³/mol. The Kier molecular flexibility index (Phi) is 6.89. The highest BCUT2D eigenvalue weighted by molar-refractivity contribution is 7.13. The zero-order valence-electron chi connectivity index (χ0n) is 17.3. The highest BCUT2D eigenvalue weighted by Crippen LogP contribution is 2.21. The van der Waals surface area contributed by atoms with E-state index < -0.39 is 0 Å². The minimum Gasteiger partial charge on any atom is -0.379 e. The number of ether oxygens (including phenoxy) is 1. The van der Waals surface area contributed by atoms with Gasteiger partial charge in [-0.2, -0.15) is 0 Å². The number of amides is 1. The van der Waals surface area contributed by atoms with E-state index in [4.69, 9.17) is 4.74 Å². The van der Waals surface area contributed by atoms with Crippen LogP contribution in [0.3, 0.4) is 0 Å². The molecule has 1 aromatic heterocycles. The van der Waals surface area contributed by atoms with Gasteiger partial charge in [0.2, 0.25) is 0 Å². The van der Waals surface area contributed by atoms with Crippen molar-refractivity contribution in [3.63, 3.8) is 0 Å². The second-order valence-electron chi connectivity index (χ2n) is 7.52. The Labute approximate surface area is 181 Å². The Hall–Kier alpha value is -2.54. The highest BCUT2D eigenvalue weighted by Gasteiger charge is 2.17. The molecule has 2 heterocycles. The van der Waals surface area contributed by atoms with E-state index in [0.29, 0.717) is 11.4 Å². The van der Waals surface area contributed by atoms with E-state index in [1.54, 1.807) is 0 Å². The monoisotopic (exact) mass is 421 g/mol. The fourth-order valence-electron chi connectivity index (χ4n) is 3.65. The van der Waals surface area contributed by atoms with Crippen LogP contribution in [-0.2, 0) is 24.2 Å². The minimum atomic E-state index is -0.0505. The van der Waals surface area contributed by atoms with Crippen LogP contribution < -0.4 is 5.32 Å². The first kappa shape index (κ1) is 20.7. The van der Waals surface area contributed by atoms with Crippen molar-refractivity contribution in [1.29, 1.82) is 0 Å². The molecule has 1 fully saturated rings. The number of aryl methyl sites for hydroxylation is 1. The normalized spacial score (nSPS) is 14.6. The van der Waals surface area contributed by atoms with Gasteiger partial charge in [-0.1, -0.05) is 54.6 Å². The third-order valence-electron chi connectivity index (χ3n) is 5.30. The summed E-state index contributed by atoms with van der Waals surface area (Å²) in [5, 5.41) is 4.07. The van der Waals surface area contributed by atoms with Crippen LogP contribution in [0.5, 0.6) is 0 Å². The summed E-state index contributed by atoms with van der Waals surface area (Å²) in [5.74, 6) is -0.0505. The number of hydrogen-bond donors (Lipinski definition) is 1. The SMILES string of the molecule is Cc1nc(Cc2ccccc2)sc1C(=O)NCc1ccccc1CN1CCOCC1. The van der Waals surface area contributed by atoms with Crippen LogP contribution in [0.1, 0.15) is 37.1 Å². The maximum absolute atomic E-state index is 12.8. The molecule has 4 rings (SSSR count). The number of hydrogen-bond acceptors (Lipinski definition) is 5. The molecular weight excluding hydrogens is 394 g/mol. The number of thiazole rings is 1. The summed E-state index contributed by atoms with van der Waals surface area (Å²) in [5.41, 5.74) is 4.41. The Morgan fingerprint density at radius 1 is 1.07 bits per heavy atom. The molecular formula is C24H27N3O2S. The van der Waals surface area contributed by atoms with E-state index >= 15 is 0 Å². The number of nitrogens with zero attached hydrogens (tertiary/aromatic N) is 2. The number of nitrogens with one attached hydrogen (secondary N) is 1. The summed E-state index contributed by atoms with van der Waals surface area (Å²) >= 11 is 1.48. The minimum absolute atomic E-state index is 0.0505. The molecule has 0 aliphatic carbocycles. The first-order valence-electron chi connectivity index (χ1n) is 10.3. The van der Waals surface area contributed by atoms with Crippen LogP contribution in [0.15, 0.2) is 54.6 Å². The number of aromatic nitrogens is 1. The molecule has 3 aromatic rings. The van der Waals surface area contributed by atoms with Crippen LogP contribution in [0.25, 0.3) is 0 Å². The molecule has 0 bridgehead atoms. The lowest BCUT2D eigenvalue weighted by molar-refractivity contribution is 0.0340. The van der Waals surface area contributed by atoms with E-state index in [1.807, 2.05) is 31.2 Å². The third-order valence-corrected chi connectivity index (χ3v) is 6.46. The Balaban J connectivity index is 1.39. The average molecular weight is 422 g/mol. The van der Waals surface area contributed by atoms with Crippen molar-refractivity contribution in [1.82, 2.24) is 15.2 Å². The summed E-state index contributed by atoms with van der Waals surface area (Å²) in [6.45, 7) is 6.78.